The molecule has 98 valence electrons. The van der Waals surface area contributed by atoms with Crippen LogP contribution >= 0.6 is 0 Å². The number of nitrogen functional groups attached to an aromatic ring is 1. The Bertz CT molecular complexity index is 471. The van der Waals surface area contributed by atoms with Gasteiger partial charge in [0.25, 0.3) is 5.91 Å². The Hall–Kier alpha value is -2.24. The van der Waals surface area contributed by atoms with Gasteiger partial charge in [-0.3, -0.25) is 4.79 Å². The third-order valence-electron chi connectivity index (χ3n) is 2.41. The monoisotopic (exact) mass is 252 g/mol. The Morgan fingerprint density at radius 3 is 2.61 bits per heavy atom. The van der Waals surface area contributed by atoms with Crippen LogP contribution in [-0.4, -0.2) is 32.6 Å². The van der Waals surface area contributed by atoms with Crippen LogP contribution in [0, 0.1) is 6.92 Å². The van der Waals surface area contributed by atoms with Crippen molar-refractivity contribution in [3.8, 4) is 5.75 Å². The summed E-state index contributed by atoms with van der Waals surface area (Å²) in [6.07, 6.45) is 0. The van der Waals surface area contributed by atoms with Crippen LogP contribution < -0.4 is 15.8 Å². The summed E-state index contributed by atoms with van der Waals surface area (Å²) < 4.78 is 9.87. The number of likely N-dealkylation sites (N-methyl/N-ethyl adjacent to an activating group) is 1. The van der Waals surface area contributed by atoms with Crippen molar-refractivity contribution in [2.75, 3.05) is 26.5 Å². The van der Waals surface area contributed by atoms with Crippen molar-refractivity contribution in [1.82, 2.24) is 5.32 Å². The number of carbonyl (C=O) groups excluding carboxylic acids is 2. The molecule has 0 heterocycles. The number of aryl methyl sites for hydroxylation is 1. The van der Waals surface area contributed by atoms with Crippen molar-refractivity contribution >= 4 is 17.6 Å². The Labute approximate surface area is 105 Å². The minimum atomic E-state index is -0.541. The van der Waals surface area contributed by atoms with Crippen LogP contribution in [-0.2, 0) is 9.53 Å². The van der Waals surface area contributed by atoms with Gasteiger partial charge in [0.2, 0.25) is 0 Å². The predicted octanol–water partition coefficient (Wildman–Crippen LogP) is 0.489. The van der Waals surface area contributed by atoms with Crippen molar-refractivity contribution in [3.63, 3.8) is 0 Å². The van der Waals surface area contributed by atoms with Gasteiger partial charge >= 0.3 is 5.97 Å². The lowest BCUT2D eigenvalue weighted by molar-refractivity contribution is -0.122. The third kappa shape index (κ3) is 3.13. The average molecular weight is 252 g/mol. The van der Waals surface area contributed by atoms with Crippen molar-refractivity contribution in [2.24, 2.45) is 0 Å². The first-order valence-electron chi connectivity index (χ1n) is 5.31. The number of benzene rings is 1. The number of hydrogen-bond acceptors (Lipinski definition) is 5. The molecule has 0 fully saturated rings. The molecule has 0 saturated carbocycles. The molecule has 6 heteroatoms. The maximum atomic E-state index is 11.5. The number of esters is 1. The summed E-state index contributed by atoms with van der Waals surface area (Å²) in [4.78, 5) is 22.6. The van der Waals surface area contributed by atoms with E-state index in [9.17, 15) is 9.59 Å². The third-order valence-corrected chi connectivity index (χ3v) is 2.41. The number of carbonyl (C=O) groups is 2. The van der Waals surface area contributed by atoms with Gasteiger partial charge in [-0.1, -0.05) is 0 Å². The maximum absolute atomic E-state index is 11.5. The molecule has 1 aromatic carbocycles. The summed E-state index contributed by atoms with van der Waals surface area (Å²) in [6.45, 7) is 1.62. The lowest BCUT2D eigenvalue weighted by Crippen LogP contribution is -2.25. The summed E-state index contributed by atoms with van der Waals surface area (Å²) in [7, 11) is 2.79. The predicted molar refractivity (Wildman–Crippen MR) is 66.5 cm³/mol. The smallest absolute Gasteiger partial charge is 0.340 e. The highest BCUT2D eigenvalue weighted by molar-refractivity contribution is 5.96. The second-order valence-corrected chi connectivity index (χ2v) is 3.65. The lowest BCUT2D eigenvalue weighted by atomic mass is 10.1. The van der Waals surface area contributed by atoms with E-state index in [4.69, 9.17) is 10.5 Å². The molecule has 0 atom stereocenters. The lowest BCUT2D eigenvalue weighted by Gasteiger charge is -2.11. The Morgan fingerprint density at radius 2 is 2.06 bits per heavy atom. The van der Waals surface area contributed by atoms with Crippen LogP contribution in [0.2, 0.25) is 0 Å². The summed E-state index contributed by atoms with van der Waals surface area (Å²) >= 11 is 0. The average Bonchev–Trinajstić information content (AvgIpc) is 2.38. The molecule has 1 rings (SSSR count). The number of rotatable bonds is 4. The first kappa shape index (κ1) is 13.8. The number of hydrogen-bond donors (Lipinski definition) is 2. The normalized spacial score (nSPS) is 9.72. The molecule has 18 heavy (non-hydrogen) atoms. The van der Waals surface area contributed by atoms with Crippen LogP contribution in [0.1, 0.15) is 15.9 Å². The Kier molecular flexibility index (Phi) is 4.53. The van der Waals surface area contributed by atoms with Crippen LogP contribution in [0.3, 0.4) is 0 Å². The molecule has 6 nitrogen and oxygen atoms in total. The fourth-order valence-electron chi connectivity index (χ4n) is 1.35. The Morgan fingerprint density at radius 1 is 1.39 bits per heavy atom. The minimum Gasteiger partial charge on any atom is -0.484 e. The molecule has 0 bridgehead atoms. The van der Waals surface area contributed by atoms with E-state index in [1.165, 1.54) is 20.2 Å². The van der Waals surface area contributed by atoms with Crippen LogP contribution in [0.5, 0.6) is 5.75 Å². The second kappa shape index (κ2) is 5.90. The zero-order valence-corrected chi connectivity index (χ0v) is 10.6. The number of nitrogens with two attached hydrogens (primary N) is 1. The molecule has 1 aromatic rings. The van der Waals surface area contributed by atoms with Crippen molar-refractivity contribution < 1.29 is 19.1 Å². The highest BCUT2D eigenvalue weighted by Crippen LogP contribution is 2.25. The quantitative estimate of drug-likeness (QED) is 0.601. The number of anilines is 1. The molecule has 0 aliphatic rings. The van der Waals surface area contributed by atoms with Crippen LogP contribution in [0.4, 0.5) is 5.69 Å². The molecule has 0 aliphatic carbocycles. The fourth-order valence-corrected chi connectivity index (χ4v) is 1.35. The van der Waals surface area contributed by atoms with Gasteiger partial charge in [0.05, 0.1) is 12.7 Å². The second-order valence-electron chi connectivity index (χ2n) is 3.65. The minimum absolute atomic E-state index is 0.125. The van der Waals surface area contributed by atoms with E-state index in [1.54, 1.807) is 13.0 Å². The van der Waals surface area contributed by atoms with Crippen molar-refractivity contribution in [2.45, 2.75) is 6.92 Å². The standard InChI is InChI=1S/C12H16N2O4/c1-7-4-8(18-6-10(15)14-2)5-9(11(7)13)12(16)17-3/h4-5H,6,13H2,1-3H3,(H,14,15). The van der Waals surface area contributed by atoms with Gasteiger partial charge in [0.1, 0.15) is 5.75 Å². The van der Waals surface area contributed by atoms with Gasteiger partial charge in [-0.25, -0.2) is 4.79 Å². The molecular formula is C12H16N2O4. The van der Waals surface area contributed by atoms with Gasteiger partial charge in [0, 0.05) is 12.7 Å². The van der Waals surface area contributed by atoms with E-state index < -0.39 is 5.97 Å². The van der Waals surface area contributed by atoms with Crippen LogP contribution in [0.25, 0.3) is 0 Å². The van der Waals surface area contributed by atoms with Gasteiger partial charge in [-0.15, -0.1) is 0 Å². The van der Waals surface area contributed by atoms with Gasteiger partial charge in [0.15, 0.2) is 6.61 Å². The Balaban J connectivity index is 2.97. The van der Waals surface area contributed by atoms with Crippen molar-refractivity contribution in [1.29, 1.82) is 0 Å². The summed E-state index contributed by atoms with van der Waals surface area (Å²) in [5.74, 6) is -0.407. The van der Waals surface area contributed by atoms with Gasteiger partial charge in [-0.2, -0.15) is 0 Å². The zero-order valence-electron chi connectivity index (χ0n) is 10.6. The number of nitrogens with one attached hydrogen (secondary N) is 1. The molecule has 1 amide bonds. The maximum Gasteiger partial charge on any atom is 0.340 e. The summed E-state index contributed by atoms with van der Waals surface area (Å²) in [6, 6.07) is 3.11. The molecule has 0 aromatic heterocycles. The SMILES string of the molecule is CNC(=O)COc1cc(C)c(N)c(C(=O)OC)c1. The van der Waals surface area contributed by atoms with Gasteiger partial charge < -0.3 is 20.5 Å². The number of methoxy groups -OCH3 is 1. The van der Waals surface area contributed by atoms with E-state index in [-0.39, 0.29) is 18.1 Å². The largest absolute Gasteiger partial charge is 0.484 e. The first-order valence-corrected chi connectivity index (χ1v) is 5.31. The number of ether oxygens (including phenoxy) is 2. The topological polar surface area (TPSA) is 90.6 Å². The first-order chi connectivity index (χ1) is 8.49. The molecule has 3 N–H and O–H groups in total. The molecule has 0 spiro atoms. The zero-order chi connectivity index (χ0) is 13.7. The molecule has 0 unspecified atom stereocenters. The van der Waals surface area contributed by atoms with E-state index >= 15 is 0 Å². The van der Waals surface area contributed by atoms with E-state index in [1.807, 2.05) is 0 Å². The van der Waals surface area contributed by atoms with Crippen molar-refractivity contribution in [3.05, 3.63) is 23.3 Å². The van der Waals surface area contributed by atoms with E-state index in [0.29, 0.717) is 17.0 Å². The summed E-state index contributed by atoms with van der Waals surface area (Å²) in [5, 5.41) is 2.43. The van der Waals surface area contributed by atoms with Crippen LogP contribution in [0.15, 0.2) is 12.1 Å². The fraction of sp³-hybridized carbons (Fsp3) is 0.333. The molecule has 0 saturated heterocycles. The summed E-state index contributed by atoms with van der Waals surface area (Å²) in [5.41, 5.74) is 7.03. The van der Waals surface area contributed by atoms with E-state index in [2.05, 4.69) is 10.1 Å². The van der Waals surface area contributed by atoms with Gasteiger partial charge in [-0.05, 0) is 24.6 Å². The highest BCUT2D eigenvalue weighted by Gasteiger charge is 2.14. The molecule has 0 aliphatic heterocycles. The number of amides is 1. The molecule has 0 radical (unpaired) electrons. The highest BCUT2D eigenvalue weighted by atomic mass is 16.5. The van der Waals surface area contributed by atoms with E-state index in [0.717, 1.165) is 0 Å². The molecular weight excluding hydrogens is 236 g/mol.